The Morgan fingerprint density at radius 1 is 1.24 bits per heavy atom. The molecular weight excluding hydrogens is 238 g/mol. The molecule has 0 aromatic heterocycles. The van der Waals surface area contributed by atoms with Crippen molar-refractivity contribution in [1.82, 2.24) is 10.4 Å². The van der Waals surface area contributed by atoms with E-state index in [0.29, 0.717) is 16.3 Å². The standard InChI is InChI=1S/C12H16ClN3O/c13-10-6-9(7-11(14)8-10)12(17)15-16-4-2-1-3-5-16/h6-8H,1-5,14H2,(H,15,17). The van der Waals surface area contributed by atoms with Crippen molar-refractivity contribution >= 4 is 23.2 Å². The summed E-state index contributed by atoms with van der Waals surface area (Å²) in [6, 6.07) is 4.88. The Morgan fingerprint density at radius 3 is 2.59 bits per heavy atom. The van der Waals surface area contributed by atoms with E-state index in [1.54, 1.807) is 18.2 Å². The van der Waals surface area contributed by atoms with Gasteiger partial charge in [0.15, 0.2) is 0 Å². The molecule has 17 heavy (non-hydrogen) atoms. The first-order valence-electron chi connectivity index (χ1n) is 5.77. The van der Waals surface area contributed by atoms with Crippen molar-refractivity contribution in [3.63, 3.8) is 0 Å². The maximum atomic E-state index is 12.0. The highest BCUT2D eigenvalue weighted by Gasteiger charge is 2.14. The van der Waals surface area contributed by atoms with Gasteiger partial charge in [-0.2, -0.15) is 0 Å². The van der Waals surface area contributed by atoms with Crippen molar-refractivity contribution < 1.29 is 4.79 Å². The Bertz CT molecular complexity index is 396. The molecule has 3 N–H and O–H groups in total. The minimum absolute atomic E-state index is 0.152. The highest BCUT2D eigenvalue weighted by molar-refractivity contribution is 6.31. The van der Waals surface area contributed by atoms with Gasteiger partial charge in [-0.05, 0) is 31.0 Å². The van der Waals surface area contributed by atoms with Crippen LogP contribution in [0.2, 0.25) is 5.02 Å². The van der Waals surface area contributed by atoms with Crippen LogP contribution >= 0.6 is 11.6 Å². The number of amides is 1. The summed E-state index contributed by atoms with van der Waals surface area (Å²) < 4.78 is 0. The van der Waals surface area contributed by atoms with Crippen LogP contribution in [-0.2, 0) is 0 Å². The maximum absolute atomic E-state index is 12.0. The summed E-state index contributed by atoms with van der Waals surface area (Å²) in [6.45, 7) is 1.81. The fourth-order valence-electron chi connectivity index (χ4n) is 1.96. The van der Waals surface area contributed by atoms with Crippen LogP contribution in [-0.4, -0.2) is 24.0 Å². The number of rotatable bonds is 2. The van der Waals surface area contributed by atoms with E-state index in [0.717, 1.165) is 25.9 Å². The first-order chi connectivity index (χ1) is 8.15. The Hall–Kier alpha value is -1.26. The molecule has 92 valence electrons. The van der Waals surface area contributed by atoms with Crippen LogP contribution < -0.4 is 11.2 Å². The number of hydrogen-bond donors (Lipinski definition) is 2. The van der Waals surface area contributed by atoms with Gasteiger partial charge in [0.2, 0.25) is 0 Å². The van der Waals surface area contributed by atoms with Crippen molar-refractivity contribution in [2.75, 3.05) is 18.8 Å². The quantitative estimate of drug-likeness (QED) is 0.794. The number of hydrogen-bond acceptors (Lipinski definition) is 3. The van der Waals surface area contributed by atoms with Gasteiger partial charge in [-0.15, -0.1) is 0 Å². The number of nitrogens with two attached hydrogens (primary N) is 1. The third-order valence-corrected chi connectivity index (χ3v) is 3.02. The Kier molecular flexibility index (Phi) is 3.86. The number of anilines is 1. The van der Waals surface area contributed by atoms with E-state index in [2.05, 4.69) is 5.43 Å². The zero-order valence-corrected chi connectivity index (χ0v) is 10.3. The third kappa shape index (κ3) is 3.35. The average molecular weight is 254 g/mol. The second kappa shape index (κ2) is 5.38. The average Bonchev–Trinajstić information content (AvgIpc) is 2.29. The molecule has 0 radical (unpaired) electrons. The lowest BCUT2D eigenvalue weighted by Gasteiger charge is -2.26. The molecule has 1 aliphatic rings. The topological polar surface area (TPSA) is 58.4 Å². The fourth-order valence-corrected chi connectivity index (χ4v) is 2.20. The first kappa shape index (κ1) is 12.2. The van der Waals surface area contributed by atoms with Crippen LogP contribution in [0.5, 0.6) is 0 Å². The SMILES string of the molecule is Nc1cc(Cl)cc(C(=O)NN2CCCCC2)c1. The van der Waals surface area contributed by atoms with Crippen molar-refractivity contribution in [2.45, 2.75) is 19.3 Å². The molecule has 0 bridgehead atoms. The molecule has 1 aromatic rings. The molecule has 0 unspecified atom stereocenters. The normalized spacial score (nSPS) is 16.8. The molecule has 1 amide bonds. The van der Waals surface area contributed by atoms with Crippen LogP contribution in [0.1, 0.15) is 29.6 Å². The second-order valence-electron chi connectivity index (χ2n) is 4.26. The number of hydrazine groups is 1. The summed E-state index contributed by atoms with van der Waals surface area (Å²) in [4.78, 5) is 12.0. The maximum Gasteiger partial charge on any atom is 0.265 e. The van der Waals surface area contributed by atoms with E-state index in [-0.39, 0.29) is 5.91 Å². The van der Waals surface area contributed by atoms with Gasteiger partial charge in [-0.1, -0.05) is 18.0 Å². The lowest BCUT2D eigenvalue weighted by atomic mass is 10.1. The predicted octanol–water partition coefficient (Wildman–Crippen LogP) is 2.05. The largest absolute Gasteiger partial charge is 0.399 e. The van der Waals surface area contributed by atoms with Gasteiger partial charge in [0, 0.05) is 29.4 Å². The highest BCUT2D eigenvalue weighted by atomic mass is 35.5. The van der Waals surface area contributed by atoms with Crippen LogP contribution in [0.3, 0.4) is 0 Å². The smallest absolute Gasteiger partial charge is 0.265 e. The minimum atomic E-state index is -0.152. The van der Waals surface area contributed by atoms with Gasteiger partial charge < -0.3 is 5.73 Å². The molecule has 4 nitrogen and oxygen atoms in total. The number of halogens is 1. The van der Waals surface area contributed by atoms with E-state index < -0.39 is 0 Å². The number of carbonyl (C=O) groups is 1. The zero-order chi connectivity index (χ0) is 12.3. The van der Waals surface area contributed by atoms with Crippen LogP contribution in [0.15, 0.2) is 18.2 Å². The minimum Gasteiger partial charge on any atom is -0.399 e. The van der Waals surface area contributed by atoms with Crippen LogP contribution in [0.4, 0.5) is 5.69 Å². The molecule has 1 fully saturated rings. The lowest BCUT2D eigenvalue weighted by molar-refractivity contribution is 0.0750. The molecule has 0 spiro atoms. The molecule has 1 aromatic carbocycles. The van der Waals surface area contributed by atoms with E-state index in [4.69, 9.17) is 17.3 Å². The summed E-state index contributed by atoms with van der Waals surface area (Å²) in [5.41, 5.74) is 9.52. The third-order valence-electron chi connectivity index (χ3n) is 2.80. The summed E-state index contributed by atoms with van der Waals surface area (Å²) in [5, 5.41) is 2.43. The Morgan fingerprint density at radius 2 is 1.94 bits per heavy atom. The summed E-state index contributed by atoms with van der Waals surface area (Å²) >= 11 is 5.86. The van der Waals surface area contributed by atoms with Gasteiger partial charge in [0.25, 0.3) is 5.91 Å². The van der Waals surface area contributed by atoms with Crippen LogP contribution in [0.25, 0.3) is 0 Å². The highest BCUT2D eigenvalue weighted by Crippen LogP contribution is 2.17. The number of benzene rings is 1. The van der Waals surface area contributed by atoms with E-state index >= 15 is 0 Å². The van der Waals surface area contributed by atoms with Gasteiger partial charge in [-0.25, -0.2) is 5.01 Å². The van der Waals surface area contributed by atoms with Gasteiger partial charge in [0.05, 0.1) is 0 Å². The Balaban J connectivity index is 2.03. The van der Waals surface area contributed by atoms with Crippen LogP contribution in [0, 0.1) is 0 Å². The summed E-state index contributed by atoms with van der Waals surface area (Å²) in [6.07, 6.45) is 3.48. The zero-order valence-electron chi connectivity index (χ0n) is 9.58. The molecule has 1 heterocycles. The van der Waals surface area contributed by atoms with E-state index in [1.165, 1.54) is 6.42 Å². The number of nitrogens with zero attached hydrogens (tertiary/aromatic N) is 1. The molecule has 5 heteroatoms. The number of piperidine rings is 1. The predicted molar refractivity (Wildman–Crippen MR) is 68.8 cm³/mol. The van der Waals surface area contributed by atoms with Crippen molar-refractivity contribution in [3.05, 3.63) is 28.8 Å². The second-order valence-corrected chi connectivity index (χ2v) is 4.70. The summed E-state index contributed by atoms with van der Waals surface area (Å²) in [7, 11) is 0. The van der Waals surface area contributed by atoms with Crippen molar-refractivity contribution in [3.8, 4) is 0 Å². The van der Waals surface area contributed by atoms with Crippen molar-refractivity contribution in [1.29, 1.82) is 0 Å². The van der Waals surface area contributed by atoms with Gasteiger partial charge >= 0.3 is 0 Å². The van der Waals surface area contributed by atoms with E-state index in [1.807, 2.05) is 5.01 Å². The van der Waals surface area contributed by atoms with E-state index in [9.17, 15) is 4.79 Å². The molecule has 1 aliphatic heterocycles. The van der Waals surface area contributed by atoms with Crippen molar-refractivity contribution in [2.24, 2.45) is 0 Å². The fraction of sp³-hybridized carbons (Fsp3) is 0.417. The molecule has 1 saturated heterocycles. The number of nitrogen functional groups attached to an aromatic ring is 1. The molecule has 0 atom stereocenters. The lowest BCUT2D eigenvalue weighted by Crippen LogP contribution is -2.45. The summed E-state index contributed by atoms with van der Waals surface area (Å²) in [5.74, 6) is -0.152. The van der Waals surface area contributed by atoms with Gasteiger partial charge in [-0.3, -0.25) is 10.2 Å². The molecule has 2 rings (SSSR count). The molecular formula is C12H16ClN3O. The first-order valence-corrected chi connectivity index (χ1v) is 6.15. The number of nitrogens with one attached hydrogen (secondary N) is 1. The monoisotopic (exact) mass is 253 g/mol. The molecule has 0 saturated carbocycles. The Labute approximate surface area is 106 Å². The number of carbonyl (C=O) groups excluding carboxylic acids is 1. The van der Waals surface area contributed by atoms with Gasteiger partial charge in [0.1, 0.15) is 0 Å². The molecule has 0 aliphatic carbocycles.